The number of benzene rings is 2. The number of nitrogens with zero attached hydrogens (tertiary/aromatic N) is 2. The fourth-order valence-corrected chi connectivity index (χ4v) is 2.71. The van der Waals surface area contributed by atoms with E-state index >= 15 is 0 Å². The number of aromatic nitrogens is 1. The van der Waals surface area contributed by atoms with Crippen LogP contribution >= 0.6 is 0 Å². The van der Waals surface area contributed by atoms with Gasteiger partial charge in [-0.3, -0.25) is 9.59 Å². The molecule has 2 aromatic carbocycles. The van der Waals surface area contributed by atoms with E-state index in [1.165, 1.54) is 0 Å². The summed E-state index contributed by atoms with van der Waals surface area (Å²) in [6.45, 7) is 1.69. The standard InChI is InChI=1S/C21H20N4O2/c1-15(13-20(26)23-19-11-4-5-12-22-19)24-25-21(27)14-17-9-6-8-16-7-2-3-10-18(16)17/h2-12H,13-14H2,1H3,(H,25,27)(H,22,23,26). The predicted octanol–water partition coefficient (Wildman–Crippen LogP) is 3.30. The van der Waals surface area contributed by atoms with E-state index in [-0.39, 0.29) is 24.7 Å². The van der Waals surface area contributed by atoms with Crippen LogP contribution in [0, 0.1) is 0 Å². The molecule has 0 fully saturated rings. The summed E-state index contributed by atoms with van der Waals surface area (Å²) >= 11 is 0. The third-order valence-corrected chi connectivity index (χ3v) is 3.95. The number of rotatable bonds is 6. The van der Waals surface area contributed by atoms with E-state index in [2.05, 4.69) is 20.8 Å². The molecule has 2 N–H and O–H groups in total. The smallest absolute Gasteiger partial charge is 0.244 e. The number of anilines is 1. The number of carbonyl (C=O) groups excluding carboxylic acids is 2. The largest absolute Gasteiger partial charge is 0.310 e. The second-order valence-electron chi connectivity index (χ2n) is 6.14. The SMILES string of the molecule is CC(CC(=O)Nc1ccccn1)=NNC(=O)Cc1cccc2ccccc12. The molecule has 1 aromatic heterocycles. The maximum Gasteiger partial charge on any atom is 0.244 e. The maximum absolute atomic E-state index is 12.2. The minimum Gasteiger partial charge on any atom is -0.310 e. The van der Waals surface area contributed by atoms with Gasteiger partial charge in [0, 0.05) is 11.9 Å². The second-order valence-corrected chi connectivity index (χ2v) is 6.14. The molecule has 3 rings (SSSR count). The summed E-state index contributed by atoms with van der Waals surface area (Å²) in [6.07, 6.45) is 1.90. The minimum atomic E-state index is -0.238. The first kappa shape index (κ1) is 18.3. The molecule has 1 heterocycles. The molecule has 3 aromatic rings. The zero-order chi connectivity index (χ0) is 19.1. The quantitative estimate of drug-likeness (QED) is 0.523. The van der Waals surface area contributed by atoms with Crippen molar-refractivity contribution in [2.75, 3.05) is 5.32 Å². The van der Waals surface area contributed by atoms with Crippen LogP contribution in [0.1, 0.15) is 18.9 Å². The molecule has 6 nitrogen and oxygen atoms in total. The first-order valence-corrected chi connectivity index (χ1v) is 8.61. The van der Waals surface area contributed by atoms with Gasteiger partial charge in [-0.2, -0.15) is 5.10 Å². The molecule has 0 unspecified atom stereocenters. The van der Waals surface area contributed by atoms with Gasteiger partial charge in [0.2, 0.25) is 11.8 Å². The number of fused-ring (bicyclic) bond motifs is 1. The average Bonchev–Trinajstić information content (AvgIpc) is 2.67. The Balaban J connectivity index is 1.55. The first-order valence-electron chi connectivity index (χ1n) is 8.61. The molecule has 0 bridgehead atoms. The number of hydrazone groups is 1. The molecule has 2 amide bonds. The number of carbonyl (C=O) groups is 2. The van der Waals surface area contributed by atoms with Crippen molar-refractivity contribution in [1.29, 1.82) is 0 Å². The molecular weight excluding hydrogens is 340 g/mol. The number of pyridine rings is 1. The van der Waals surface area contributed by atoms with Crippen LogP contribution in [-0.2, 0) is 16.0 Å². The summed E-state index contributed by atoms with van der Waals surface area (Å²) in [5.74, 6) is 0.0179. The monoisotopic (exact) mass is 360 g/mol. The van der Waals surface area contributed by atoms with Gasteiger partial charge in [-0.1, -0.05) is 48.5 Å². The van der Waals surface area contributed by atoms with Crippen molar-refractivity contribution < 1.29 is 9.59 Å². The first-order chi connectivity index (χ1) is 13.1. The van der Waals surface area contributed by atoms with Crippen LogP contribution in [-0.4, -0.2) is 22.5 Å². The molecule has 0 radical (unpaired) electrons. The highest BCUT2D eigenvalue weighted by atomic mass is 16.2. The summed E-state index contributed by atoms with van der Waals surface area (Å²) in [6, 6.07) is 19.1. The lowest BCUT2D eigenvalue weighted by atomic mass is 10.0. The van der Waals surface area contributed by atoms with E-state index in [4.69, 9.17) is 0 Å². The summed E-state index contributed by atoms with van der Waals surface area (Å²) < 4.78 is 0. The Hall–Kier alpha value is -3.54. The molecule has 0 saturated carbocycles. The van der Waals surface area contributed by atoms with E-state index in [1.54, 1.807) is 31.3 Å². The fraction of sp³-hybridized carbons (Fsp3) is 0.143. The van der Waals surface area contributed by atoms with Gasteiger partial charge in [-0.05, 0) is 35.4 Å². The van der Waals surface area contributed by atoms with Crippen molar-refractivity contribution in [2.24, 2.45) is 5.10 Å². The van der Waals surface area contributed by atoms with Crippen LogP contribution in [0.25, 0.3) is 10.8 Å². The Kier molecular flexibility index (Phi) is 5.89. The summed E-state index contributed by atoms with van der Waals surface area (Å²) in [7, 11) is 0. The zero-order valence-corrected chi connectivity index (χ0v) is 15.0. The summed E-state index contributed by atoms with van der Waals surface area (Å²) in [5, 5.41) is 8.83. The van der Waals surface area contributed by atoms with Crippen molar-refractivity contribution in [3.8, 4) is 0 Å². The Morgan fingerprint density at radius 2 is 1.74 bits per heavy atom. The number of amides is 2. The summed E-state index contributed by atoms with van der Waals surface area (Å²) in [4.78, 5) is 28.2. The summed E-state index contributed by atoms with van der Waals surface area (Å²) in [5.41, 5.74) is 3.96. The number of hydrogen-bond acceptors (Lipinski definition) is 4. The zero-order valence-electron chi connectivity index (χ0n) is 15.0. The van der Waals surface area contributed by atoms with Gasteiger partial charge in [-0.25, -0.2) is 10.4 Å². The highest BCUT2D eigenvalue weighted by Gasteiger charge is 2.08. The molecule has 27 heavy (non-hydrogen) atoms. The molecule has 0 aliphatic heterocycles. The van der Waals surface area contributed by atoms with Crippen LogP contribution in [0.5, 0.6) is 0 Å². The van der Waals surface area contributed by atoms with Gasteiger partial charge in [0.25, 0.3) is 0 Å². The van der Waals surface area contributed by atoms with Gasteiger partial charge in [0.15, 0.2) is 0 Å². The van der Waals surface area contributed by atoms with Crippen molar-refractivity contribution in [3.05, 3.63) is 72.4 Å². The molecule has 0 aliphatic carbocycles. The van der Waals surface area contributed by atoms with E-state index in [9.17, 15) is 9.59 Å². The second kappa shape index (κ2) is 8.71. The minimum absolute atomic E-state index is 0.0745. The highest BCUT2D eigenvalue weighted by molar-refractivity contribution is 6.05. The lowest BCUT2D eigenvalue weighted by Gasteiger charge is -2.07. The lowest BCUT2D eigenvalue weighted by molar-refractivity contribution is -0.120. The normalized spacial score (nSPS) is 11.2. The van der Waals surface area contributed by atoms with Gasteiger partial charge in [-0.15, -0.1) is 0 Å². The Bertz CT molecular complexity index is 978. The van der Waals surface area contributed by atoms with Gasteiger partial charge < -0.3 is 5.32 Å². The van der Waals surface area contributed by atoms with E-state index in [0.717, 1.165) is 16.3 Å². The molecule has 0 saturated heterocycles. The van der Waals surface area contributed by atoms with Crippen molar-refractivity contribution >= 4 is 34.1 Å². The van der Waals surface area contributed by atoms with Crippen LogP contribution in [0.4, 0.5) is 5.82 Å². The Morgan fingerprint density at radius 3 is 2.56 bits per heavy atom. The van der Waals surface area contributed by atoms with E-state index in [1.807, 2.05) is 42.5 Å². The van der Waals surface area contributed by atoms with Crippen LogP contribution in [0.2, 0.25) is 0 Å². The molecule has 0 spiro atoms. The van der Waals surface area contributed by atoms with Crippen molar-refractivity contribution in [1.82, 2.24) is 10.4 Å². The van der Waals surface area contributed by atoms with Gasteiger partial charge in [0.05, 0.1) is 12.8 Å². The topological polar surface area (TPSA) is 83.4 Å². The average molecular weight is 360 g/mol. The molecule has 6 heteroatoms. The third kappa shape index (κ3) is 5.22. The lowest BCUT2D eigenvalue weighted by Crippen LogP contribution is -2.23. The van der Waals surface area contributed by atoms with Gasteiger partial charge in [0.1, 0.15) is 5.82 Å². The molecule has 0 aliphatic rings. The highest BCUT2D eigenvalue weighted by Crippen LogP contribution is 2.18. The van der Waals surface area contributed by atoms with Gasteiger partial charge >= 0.3 is 0 Å². The predicted molar refractivity (Wildman–Crippen MR) is 106 cm³/mol. The van der Waals surface area contributed by atoms with Crippen LogP contribution in [0.3, 0.4) is 0 Å². The van der Waals surface area contributed by atoms with Crippen LogP contribution < -0.4 is 10.7 Å². The fourth-order valence-electron chi connectivity index (χ4n) is 2.71. The van der Waals surface area contributed by atoms with Crippen molar-refractivity contribution in [3.63, 3.8) is 0 Å². The Labute approximate surface area is 157 Å². The maximum atomic E-state index is 12.2. The molecule has 136 valence electrons. The Morgan fingerprint density at radius 1 is 0.963 bits per heavy atom. The third-order valence-electron chi connectivity index (χ3n) is 3.95. The van der Waals surface area contributed by atoms with Crippen molar-refractivity contribution in [2.45, 2.75) is 19.8 Å². The van der Waals surface area contributed by atoms with E-state index < -0.39 is 0 Å². The molecule has 0 atom stereocenters. The van der Waals surface area contributed by atoms with Crippen LogP contribution in [0.15, 0.2) is 72.0 Å². The number of nitrogens with one attached hydrogen (secondary N) is 2. The number of hydrogen-bond donors (Lipinski definition) is 2. The molecular formula is C21H20N4O2. The van der Waals surface area contributed by atoms with E-state index in [0.29, 0.717) is 11.5 Å².